The minimum atomic E-state index is -0.323. The quantitative estimate of drug-likeness (QED) is 0.779. The van der Waals surface area contributed by atoms with E-state index in [2.05, 4.69) is 45.6 Å². The summed E-state index contributed by atoms with van der Waals surface area (Å²) in [4.78, 5) is 12.5. The van der Waals surface area contributed by atoms with Gasteiger partial charge in [-0.25, -0.2) is 0 Å². The van der Waals surface area contributed by atoms with Crippen molar-refractivity contribution >= 4 is 33.2 Å². The fourth-order valence-electron chi connectivity index (χ4n) is 2.66. The first kappa shape index (κ1) is 17.5. The lowest BCUT2D eigenvalue weighted by Crippen LogP contribution is -2.32. The summed E-state index contributed by atoms with van der Waals surface area (Å²) in [6.45, 7) is 9.99. The Morgan fingerprint density at radius 1 is 1.00 bits per heavy atom. The zero-order valence-corrected chi connectivity index (χ0v) is 15.8. The number of rotatable bonds is 4. The molecule has 0 fully saturated rings. The summed E-state index contributed by atoms with van der Waals surface area (Å²) in [5.41, 5.74) is 6.35. The Kier molecular flexibility index (Phi) is 5.47. The van der Waals surface area contributed by atoms with Crippen LogP contribution in [0.1, 0.15) is 29.2 Å². The number of carbonyl (C=O) groups excluding carboxylic acids is 1. The average molecular weight is 375 g/mol. The van der Waals surface area contributed by atoms with E-state index < -0.39 is 0 Å². The highest BCUT2D eigenvalue weighted by Crippen LogP contribution is 2.23. The minimum Gasteiger partial charge on any atom is -0.374 e. The lowest BCUT2D eigenvalue weighted by molar-refractivity contribution is -0.116. The number of nitrogens with one attached hydrogen (secondary N) is 2. The van der Waals surface area contributed by atoms with Gasteiger partial charge in [0.15, 0.2) is 0 Å². The number of hydrogen-bond acceptors (Lipinski definition) is 2. The van der Waals surface area contributed by atoms with Crippen LogP contribution in [0.3, 0.4) is 0 Å². The topological polar surface area (TPSA) is 41.1 Å². The van der Waals surface area contributed by atoms with Crippen molar-refractivity contribution in [2.24, 2.45) is 0 Å². The van der Waals surface area contributed by atoms with Crippen LogP contribution in [0.25, 0.3) is 0 Å². The Balaban J connectivity index is 2.10. The van der Waals surface area contributed by atoms with Crippen molar-refractivity contribution in [1.29, 1.82) is 0 Å². The number of amides is 1. The van der Waals surface area contributed by atoms with Crippen molar-refractivity contribution in [2.75, 3.05) is 10.6 Å². The van der Waals surface area contributed by atoms with Crippen molar-refractivity contribution in [3.05, 3.63) is 57.1 Å². The number of benzene rings is 2. The second kappa shape index (κ2) is 7.18. The molecule has 1 atom stereocenters. The molecule has 3 nitrogen and oxygen atoms in total. The van der Waals surface area contributed by atoms with Gasteiger partial charge in [0.2, 0.25) is 5.91 Å². The summed E-state index contributed by atoms with van der Waals surface area (Å²) in [5.74, 6) is -0.0411. The van der Waals surface area contributed by atoms with Crippen molar-refractivity contribution in [1.82, 2.24) is 0 Å². The Morgan fingerprint density at radius 2 is 1.61 bits per heavy atom. The number of halogens is 1. The highest BCUT2D eigenvalue weighted by molar-refractivity contribution is 9.10. The molecule has 0 saturated heterocycles. The van der Waals surface area contributed by atoms with Gasteiger partial charge in [-0.15, -0.1) is 0 Å². The maximum absolute atomic E-state index is 12.5. The summed E-state index contributed by atoms with van der Waals surface area (Å²) in [6.07, 6.45) is 0. The van der Waals surface area contributed by atoms with Crippen LogP contribution in [0, 0.1) is 27.7 Å². The molecule has 0 unspecified atom stereocenters. The summed E-state index contributed by atoms with van der Waals surface area (Å²) < 4.78 is 1.06. The number of hydrogen-bond donors (Lipinski definition) is 2. The standard InChI is InChI=1S/C19H23BrN2O/c1-11-8-13(3)18(14(4)9-11)22-19(23)15(5)21-16-6-7-17(20)12(2)10-16/h6-10,15,21H,1-5H3,(H,22,23)/t15-/m1/s1. The van der Waals surface area contributed by atoms with E-state index in [0.29, 0.717) is 0 Å². The molecule has 2 aromatic rings. The van der Waals surface area contributed by atoms with Crippen molar-refractivity contribution in [3.63, 3.8) is 0 Å². The average Bonchev–Trinajstić information content (AvgIpc) is 2.46. The molecule has 0 bridgehead atoms. The fourth-order valence-corrected chi connectivity index (χ4v) is 2.91. The van der Waals surface area contributed by atoms with Crippen molar-refractivity contribution in [2.45, 2.75) is 40.7 Å². The van der Waals surface area contributed by atoms with Gasteiger partial charge in [0.05, 0.1) is 0 Å². The molecule has 2 aromatic carbocycles. The number of anilines is 2. The van der Waals surface area contributed by atoms with Gasteiger partial charge in [-0.3, -0.25) is 4.79 Å². The molecule has 2 N–H and O–H groups in total. The Hall–Kier alpha value is -1.81. The predicted octanol–water partition coefficient (Wildman–Crippen LogP) is 5.12. The second-order valence-corrected chi connectivity index (χ2v) is 6.95. The third-order valence-electron chi connectivity index (χ3n) is 3.86. The van der Waals surface area contributed by atoms with E-state index in [-0.39, 0.29) is 11.9 Å². The summed E-state index contributed by atoms with van der Waals surface area (Å²) >= 11 is 3.48. The van der Waals surface area contributed by atoms with Crippen LogP contribution in [-0.4, -0.2) is 11.9 Å². The first-order valence-electron chi connectivity index (χ1n) is 7.69. The summed E-state index contributed by atoms with van der Waals surface area (Å²) in [5, 5.41) is 6.29. The molecular weight excluding hydrogens is 352 g/mol. The van der Waals surface area contributed by atoms with Crippen LogP contribution in [0.15, 0.2) is 34.8 Å². The van der Waals surface area contributed by atoms with Crippen LogP contribution >= 0.6 is 15.9 Å². The Morgan fingerprint density at radius 3 is 2.17 bits per heavy atom. The maximum atomic E-state index is 12.5. The lowest BCUT2D eigenvalue weighted by Gasteiger charge is -2.18. The van der Waals surface area contributed by atoms with E-state index in [1.165, 1.54) is 5.56 Å². The van der Waals surface area contributed by atoms with Crippen LogP contribution in [0.2, 0.25) is 0 Å². The van der Waals surface area contributed by atoms with Crippen molar-refractivity contribution in [3.8, 4) is 0 Å². The van der Waals surface area contributed by atoms with Gasteiger partial charge in [-0.05, 0) is 69.5 Å². The van der Waals surface area contributed by atoms with Gasteiger partial charge in [-0.2, -0.15) is 0 Å². The molecule has 23 heavy (non-hydrogen) atoms. The predicted molar refractivity (Wildman–Crippen MR) is 101 cm³/mol. The molecule has 0 heterocycles. The highest BCUT2D eigenvalue weighted by atomic mass is 79.9. The molecule has 0 aliphatic heterocycles. The Labute approximate surface area is 146 Å². The molecule has 2 rings (SSSR count). The molecule has 0 aliphatic carbocycles. The molecule has 4 heteroatoms. The maximum Gasteiger partial charge on any atom is 0.246 e. The first-order valence-corrected chi connectivity index (χ1v) is 8.48. The van der Waals surface area contributed by atoms with Gasteiger partial charge < -0.3 is 10.6 Å². The normalized spacial score (nSPS) is 11.9. The van der Waals surface area contributed by atoms with E-state index in [9.17, 15) is 4.79 Å². The molecular formula is C19H23BrN2O. The van der Waals surface area contributed by atoms with Crippen LogP contribution in [-0.2, 0) is 4.79 Å². The third kappa shape index (κ3) is 4.35. The largest absolute Gasteiger partial charge is 0.374 e. The smallest absolute Gasteiger partial charge is 0.246 e. The van der Waals surface area contributed by atoms with Crippen LogP contribution < -0.4 is 10.6 Å². The molecule has 0 spiro atoms. The van der Waals surface area contributed by atoms with Gasteiger partial charge in [-0.1, -0.05) is 33.6 Å². The molecule has 0 radical (unpaired) electrons. The SMILES string of the molecule is Cc1cc(C)c(NC(=O)[C@@H](C)Nc2ccc(Br)c(C)c2)c(C)c1. The first-order chi connectivity index (χ1) is 10.8. The van der Waals surface area contributed by atoms with Gasteiger partial charge in [0, 0.05) is 15.8 Å². The van der Waals surface area contributed by atoms with Crippen molar-refractivity contribution < 1.29 is 4.79 Å². The zero-order valence-electron chi connectivity index (χ0n) is 14.3. The number of aryl methyl sites for hydroxylation is 4. The van der Waals surface area contributed by atoms with E-state index in [1.54, 1.807) is 0 Å². The van der Waals surface area contributed by atoms with Gasteiger partial charge in [0.1, 0.15) is 6.04 Å². The molecule has 0 saturated carbocycles. The summed E-state index contributed by atoms with van der Waals surface area (Å²) in [7, 11) is 0. The molecule has 0 aromatic heterocycles. The second-order valence-electron chi connectivity index (χ2n) is 6.09. The van der Waals surface area contributed by atoms with E-state index in [4.69, 9.17) is 0 Å². The highest BCUT2D eigenvalue weighted by Gasteiger charge is 2.15. The Bertz CT molecular complexity index is 717. The van der Waals surface area contributed by atoms with E-state index >= 15 is 0 Å². The van der Waals surface area contributed by atoms with Crippen LogP contribution in [0.4, 0.5) is 11.4 Å². The van der Waals surface area contributed by atoms with E-state index in [0.717, 1.165) is 32.5 Å². The van der Waals surface area contributed by atoms with Gasteiger partial charge >= 0.3 is 0 Å². The lowest BCUT2D eigenvalue weighted by atomic mass is 10.0. The molecule has 0 aliphatic rings. The van der Waals surface area contributed by atoms with Gasteiger partial charge in [0.25, 0.3) is 0 Å². The van der Waals surface area contributed by atoms with Crippen LogP contribution in [0.5, 0.6) is 0 Å². The third-order valence-corrected chi connectivity index (χ3v) is 4.75. The number of carbonyl (C=O) groups is 1. The minimum absolute atomic E-state index is 0.0411. The summed E-state index contributed by atoms with van der Waals surface area (Å²) in [6, 6.07) is 9.81. The fraction of sp³-hybridized carbons (Fsp3) is 0.316. The molecule has 122 valence electrons. The van der Waals surface area contributed by atoms with E-state index in [1.807, 2.05) is 45.9 Å². The molecule has 1 amide bonds. The zero-order chi connectivity index (χ0) is 17.1. The monoisotopic (exact) mass is 374 g/mol.